The van der Waals surface area contributed by atoms with Crippen molar-refractivity contribution in [2.45, 2.75) is 56.1 Å². The van der Waals surface area contributed by atoms with Gasteiger partial charge in [-0.05, 0) is 56.9 Å². The lowest BCUT2D eigenvalue weighted by atomic mass is 10.1. The van der Waals surface area contributed by atoms with Gasteiger partial charge in [0.05, 0.1) is 16.8 Å². The zero-order valence-corrected chi connectivity index (χ0v) is 22.6. The number of aryl methyl sites for hydroxylation is 1. The number of carbonyl (C=O) groups excluding carboxylic acids is 1. The Labute approximate surface area is 230 Å². The molecule has 0 spiro atoms. The van der Waals surface area contributed by atoms with Gasteiger partial charge in [-0.15, -0.1) is 0 Å². The number of carbonyl (C=O) groups is 1. The molecule has 1 amide bonds. The summed E-state index contributed by atoms with van der Waals surface area (Å²) >= 11 is 0. The number of anilines is 1. The summed E-state index contributed by atoms with van der Waals surface area (Å²) in [6.07, 6.45) is 7.78. The number of pyridine rings is 1. The highest BCUT2D eigenvalue weighted by Gasteiger charge is 2.46. The largest absolute Gasteiger partial charge is 0.367 e. The number of amides is 1. The zero-order valence-electron chi connectivity index (χ0n) is 21.8. The topological polar surface area (TPSA) is 93.3 Å². The van der Waals surface area contributed by atoms with E-state index in [1.54, 1.807) is 24.4 Å². The van der Waals surface area contributed by atoms with Crippen LogP contribution in [0.25, 0.3) is 22.3 Å². The van der Waals surface area contributed by atoms with Crippen molar-refractivity contribution >= 4 is 32.7 Å². The number of aromatic nitrogens is 4. The van der Waals surface area contributed by atoms with Crippen LogP contribution in [0.5, 0.6) is 0 Å². The fourth-order valence-electron chi connectivity index (χ4n) is 6.18. The molecule has 3 fully saturated rings. The highest BCUT2D eigenvalue weighted by molar-refractivity contribution is 7.90. The molecular formula is C28H28F2N6O3S. The van der Waals surface area contributed by atoms with Crippen LogP contribution in [0.2, 0.25) is 0 Å². The van der Waals surface area contributed by atoms with Crippen LogP contribution in [0.3, 0.4) is 0 Å². The fourth-order valence-corrected chi connectivity index (χ4v) is 7.66. The average Bonchev–Trinajstić information content (AvgIpc) is 3.42. The normalized spacial score (nSPS) is 21.1. The zero-order chi connectivity index (χ0) is 27.8. The first-order valence-corrected chi connectivity index (χ1v) is 14.9. The third-order valence-corrected chi connectivity index (χ3v) is 10.0. The van der Waals surface area contributed by atoms with Crippen LogP contribution >= 0.6 is 0 Å². The van der Waals surface area contributed by atoms with Crippen LogP contribution < -0.4 is 4.90 Å². The minimum Gasteiger partial charge on any atom is -0.367 e. The lowest BCUT2D eigenvalue weighted by Gasteiger charge is -2.42. The number of hydrogen-bond donors (Lipinski definition) is 0. The molecule has 40 heavy (non-hydrogen) atoms. The van der Waals surface area contributed by atoms with E-state index < -0.39 is 16.6 Å². The third-order valence-electron chi connectivity index (χ3n) is 8.30. The summed E-state index contributed by atoms with van der Waals surface area (Å²) in [7, 11) is -4.15. The van der Waals surface area contributed by atoms with Crippen LogP contribution in [0.1, 0.15) is 37.8 Å². The van der Waals surface area contributed by atoms with Crippen molar-refractivity contribution in [1.82, 2.24) is 23.6 Å². The van der Waals surface area contributed by atoms with Gasteiger partial charge in [-0.3, -0.25) is 4.79 Å². The van der Waals surface area contributed by atoms with Crippen molar-refractivity contribution < 1.29 is 22.0 Å². The number of rotatable bonds is 6. The molecule has 5 heterocycles. The van der Waals surface area contributed by atoms with E-state index in [0.29, 0.717) is 23.2 Å². The summed E-state index contributed by atoms with van der Waals surface area (Å²) in [5.41, 5.74) is 2.36. The number of nitrogens with zero attached hydrogens (tertiary/aromatic N) is 6. The van der Waals surface area contributed by atoms with E-state index in [-0.39, 0.29) is 45.7 Å². The van der Waals surface area contributed by atoms with Crippen molar-refractivity contribution in [3.63, 3.8) is 0 Å². The van der Waals surface area contributed by atoms with E-state index in [1.165, 1.54) is 18.3 Å². The van der Waals surface area contributed by atoms with E-state index in [9.17, 15) is 22.0 Å². The molecule has 1 aliphatic carbocycles. The predicted octanol–water partition coefficient (Wildman–Crippen LogP) is 4.43. The molecule has 12 heteroatoms. The van der Waals surface area contributed by atoms with Gasteiger partial charge in [0.25, 0.3) is 10.0 Å². The number of hydrogen-bond acceptors (Lipinski definition) is 6. The summed E-state index contributed by atoms with van der Waals surface area (Å²) < 4.78 is 56.5. The number of alkyl halides is 2. The van der Waals surface area contributed by atoms with Gasteiger partial charge in [-0.25, -0.2) is 22.1 Å². The second kappa shape index (κ2) is 9.12. The van der Waals surface area contributed by atoms with Crippen molar-refractivity contribution in [3.8, 4) is 11.3 Å². The van der Waals surface area contributed by atoms with Crippen LogP contribution in [-0.4, -0.2) is 63.1 Å². The minimum absolute atomic E-state index is 0.0653. The molecule has 2 atom stereocenters. The van der Waals surface area contributed by atoms with Gasteiger partial charge in [0.2, 0.25) is 5.91 Å². The molecule has 1 aromatic carbocycles. The van der Waals surface area contributed by atoms with Crippen LogP contribution in [0.15, 0.2) is 59.9 Å². The first-order chi connectivity index (χ1) is 19.2. The second-order valence-electron chi connectivity index (χ2n) is 11.0. The standard InChI is InChI=1S/C28H28F2N6O3S/c1-17-2-8-22(9-3-17)40(38,39)36-25(19-13-32-34(14-19)28(29)30)12-23-24(10-11-31-26(23)36)33-15-20-6-7-21(16-33)35(20)27(37)18-4-5-18/h2-3,8-14,18,20-21,28H,4-7,15-16H2,1H3. The van der Waals surface area contributed by atoms with Gasteiger partial charge in [-0.1, -0.05) is 17.7 Å². The monoisotopic (exact) mass is 566 g/mol. The molecule has 3 aromatic heterocycles. The minimum atomic E-state index is -4.15. The van der Waals surface area contributed by atoms with Crippen molar-refractivity contribution in [3.05, 3.63) is 60.6 Å². The Kier molecular flexibility index (Phi) is 5.74. The van der Waals surface area contributed by atoms with E-state index in [1.807, 2.05) is 13.0 Å². The molecule has 7 rings (SSSR count). The Morgan fingerprint density at radius 1 is 1.02 bits per heavy atom. The van der Waals surface area contributed by atoms with Crippen LogP contribution in [-0.2, 0) is 14.8 Å². The Balaban J connectivity index is 1.36. The van der Waals surface area contributed by atoms with Crippen molar-refractivity contribution in [1.29, 1.82) is 0 Å². The lowest BCUT2D eigenvalue weighted by Crippen LogP contribution is -2.56. The first kappa shape index (κ1) is 25.2. The molecule has 1 saturated carbocycles. The molecule has 2 unspecified atom stereocenters. The molecule has 0 radical (unpaired) electrons. The molecule has 2 bridgehead atoms. The van der Waals surface area contributed by atoms with E-state index >= 15 is 0 Å². The molecule has 0 N–H and O–H groups in total. The van der Waals surface area contributed by atoms with E-state index in [2.05, 4.69) is 19.9 Å². The maximum absolute atomic E-state index is 14.0. The first-order valence-electron chi connectivity index (χ1n) is 13.4. The number of halogens is 2. The maximum atomic E-state index is 14.0. The highest BCUT2D eigenvalue weighted by Crippen LogP contribution is 2.41. The van der Waals surface area contributed by atoms with Crippen molar-refractivity contribution in [2.75, 3.05) is 18.0 Å². The van der Waals surface area contributed by atoms with E-state index in [0.717, 1.165) is 47.1 Å². The van der Waals surface area contributed by atoms with Gasteiger partial charge in [0.15, 0.2) is 5.65 Å². The SMILES string of the molecule is Cc1ccc(S(=O)(=O)n2c(-c3cnn(C(F)F)c3)cc3c(N4CC5CCC(C4)N5C(=O)C4CC4)ccnc32)cc1. The second-order valence-corrected chi connectivity index (χ2v) is 12.8. The summed E-state index contributed by atoms with van der Waals surface area (Å²) in [6.45, 7) is 0.287. The average molecular weight is 567 g/mol. The molecule has 2 saturated heterocycles. The molecule has 208 valence electrons. The lowest BCUT2D eigenvalue weighted by molar-refractivity contribution is -0.135. The fraction of sp³-hybridized carbons (Fsp3) is 0.393. The van der Waals surface area contributed by atoms with Crippen LogP contribution in [0, 0.1) is 12.8 Å². The van der Waals surface area contributed by atoms with Crippen LogP contribution in [0.4, 0.5) is 14.5 Å². The van der Waals surface area contributed by atoms with Crippen molar-refractivity contribution in [2.24, 2.45) is 5.92 Å². The summed E-state index contributed by atoms with van der Waals surface area (Å²) in [4.78, 5) is 21.8. The smallest absolute Gasteiger partial charge is 0.333 e. The Morgan fingerprint density at radius 2 is 1.73 bits per heavy atom. The molecule has 3 aliphatic rings. The van der Waals surface area contributed by atoms with E-state index in [4.69, 9.17) is 0 Å². The Morgan fingerprint density at radius 3 is 2.35 bits per heavy atom. The van der Waals surface area contributed by atoms with Gasteiger partial charge in [0.1, 0.15) is 0 Å². The Bertz CT molecular complexity index is 1710. The molecule has 9 nitrogen and oxygen atoms in total. The summed E-state index contributed by atoms with van der Waals surface area (Å²) in [5, 5.41) is 4.34. The number of piperazine rings is 1. The number of fused-ring (bicyclic) bond motifs is 3. The predicted molar refractivity (Wildman–Crippen MR) is 145 cm³/mol. The summed E-state index contributed by atoms with van der Waals surface area (Å²) in [5.74, 6) is 0.431. The van der Waals surface area contributed by atoms with Gasteiger partial charge in [-0.2, -0.15) is 13.9 Å². The Hall–Kier alpha value is -3.80. The number of benzene rings is 1. The van der Waals surface area contributed by atoms with Gasteiger partial charge in [0, 0.05) is 60.1 Å². The molecule has 4 aromatic rings. The highest BCUT2D eigenvalue weighted by atomic mass is 32.2. The maximum Gasteiger partial charge on any atom is 0.333 e. The quantitative estimate of drug-likeness (QED) is 0.343. The van der Waals surface area contributed by atoms with Gasteiger partial charge < -0.3 is 9.80 Å². The van der Waals surface area contributed by atoms with Gasteiger partial charge >= 0.3 is 6.55 Å². The summed E-state index contributed by atoms with van der Waals surface area (Å²) in [6, 6.07) is 10.2. The molecular weight excluding hydrogens is 538 g/mol. The molecule has 2 aliphatic heterocycles. The third kappa shape index (κ3) is 3.99.